The summed E-state index contributed by atoms with van der Waals surface area (Å²) < 4.78 is 3.79. The van der Waals surface area contributed by atoms with E-state index in [1.165, 1.54) is 11.3 Å². The van der Waals surface area contributed by atoms with E-state index in [-0.39, 0.29) is 6.10 Å². The Kier molecular flexibility index (Phi) is 4.60. The van der Waals surface area contributed by atoms with Crippen LogP contribution < -0.4 is 0 Å². The van der Waals surface area contributed by atoms with Crippen LogP contribution in [0.4, 0.5) is 0 Å². The van der Waals surface area contributed by atoms with E-state index in [0.29, 0.717) is 6.42 Å². The zero-order chi connectivity index (χ0) is 14.7. The summed E-state index contributed by atoms with van der Waals surface area (Å²) in [5, 5.41) is 18.8. The topological polar surface area (TPSA) is 55.9 Å². The highest BCUT2D eigenvalue weighted by Gasteiger charge is 2.13. The van der Waals surface area contributed by atoms with Crippen molar-refractivity contribution >= 4 is 0 Å². The SMILES string of the molecule is CCn1cc(CC(O)CCc2c(C)nn(C)c2C)cn1. The maximum absolute atomic E-state index is 10.2. The molecule has 2 heterocycles. The van der Waals surface area contributed by atoms with Crippen LogP contribution in [0.15, 0.2) is 12.4 Å². The molecule has 0 aliphatic carbocycles. The fraction of sp³-hybridized carbons (Fsp3) is 0.600. The van der Waals surface area contributed by atoms with Crippen molar-refractivity contribution in [3.63, 3.8) is 0 Å². The number of hydrogen-bond acceptors (Lipinski definition) is 3. The van der Waals surface area contributed by atoms with Gasteiger partial charge in [0.05, 0.1) is 18.0 Å². The molecule has 1 unspecified atom stereocenters. The van der Waals surface area contributed by atoms with E-state index in [2.05, 4.69) is 24.0 Å². The van der Waals surface area contributed by atoms with Gasteiger partial charge in [0.25, 0.3) is 0 Å². The van der Waals surface area contributed by atoms with Gasteiger partial charge < -0.3 is 5.11 Å². The lowest BCUT2D eigenvalue weighted by Crippen LogP contribution is -2.12. The molecule has 2 aromatic rings. The van der Waals surface area contributed by atoms with E-state index in [1.54, 1.807) is 0 Å². The molecule has 2 aromatic heterocycles. The average Bonchev–Trinajstić information content (AvgIpc) is 2.94. The van der Waals surface area contributed by atoms with Crippen LogP contribution in [-0.2, 0) is 26.4 Å². The molecule has 0 aliphatic heterocycles. The molecule has 0 bridgehead atoms. The van der Waals surface area contributed by atoms with Crippen LogP contribution in [0.1, 0.15) is 35.9 Å². The summed E-state index contributed by atoms with van der Waals surface area (Å²) in [6.45, 7) is 7.03. The van der Waals surface area contributed by atoms with Crippen molar-refractivity contribution in [2.24, 2.45) is 7.05 Å². The fourth-order valence-electron chi connectivity index (χ4n) is 2.55. The Morgan fingerprint density at radius 2 is 2.10 bits per heavy atom. The van der Waals surface area contributed by atoms with E-state index in [1.807, 2.05) is 35.7 Å². The average molecular weight is 276 g/mol. The quantitative estimate of drug-likeness (QED) is 0.875. The first-order chi connectivity index (χ1) is 9.51. The summed E-state index contributed by atoms with van der Waals surface area (Å²) in [5.74, 6) is 0. The van der Waals surface area contributed by atoms with Gasteiger partial charge in [0, 0.05) is 31.9 Å². The lowest BCUT2D eigenvalue weighted by atomic mass is 10.0. The lowest BCUT2D eigenvalue weighted by molar-refractivity contribution is 0.165. The number of aromatic nitrogens is 4. The van der Waals surface area contributed by atoms with Crippen molar-refractivity contribution in [2.75, 3.05) is 0 Å². The predicted octanol–water partition coefficient (Wildman–Crippen LogP) is 1.79. The van der Waals surface area contributed by atoms with E-state index in [0.717, 1.165) is 30.6 Å². The van der Waals surface area contributed by atoms with Crippen LogP contribution >= 0.6 is 0 Å². The van der Waals surface area contributed by atoms with Gasteiger partial charge in [0.1, 0.15) is 0 Å². The minimum atomic E-state index is -0.330. The van der Waals surface area contributed by atoms with Gasteiger partial charge >= 0.3 is 0 Å². The first-order valence-electron chi connectivity index (χ1n) is 7.19. The molecule has 1 atom stereocenters. The van der Waals surface area contributed by atoms with E-state index in [4.69, 9.17) is 0 Å². The molecule has 0 aliphatic rings. The lowest BCUT2D eigenvalue weighted by Gasteiger charge is -2.09. The Morgan fingerprint density at radius 1 is 1.35 bits per heavy atom. The third-order valence-electron chi connectivity index (χ3n) is 3.87. The zero-order valence-electron chi connectivity index (χ0n) is 12.8. The van der Waals surface area contributed by atoms with Crippen LogP contribution in [0.5, 0.6) is 0 Å². The van der Waals surface area contributed by atoms with E-state index in [9.17, 15) is 5.11 Å². The molecule has 1 N–H and O–H groups in total. The number of aliphatic hydroxyl groups is 1. The Labute approximate surface area is 120 Å². The number of hydrogen-bond donors (Lipinski definition) is 1. The highest BCUT2D eigenvalue weighted by Crippen LogP contribution is 2.16. The number of nitrogens with zero attached hydrogens (tertiary/aromatic N) is 4. The monoisotopic (exact) mass is 276 g/mol. The van der Waals surface area contributed by atoms with Gasteiger partial charge in [0.2, 0.25) is 0 Å². The summed E-state index contributed by atoms with van der Waals surface area (Å²) in [6.07, 6.45) is 5.80. The van der Waals surface area contributed by atoms with Crippen LogP contribution in [-0.4, -0.2) is 30.8 Å². The molecule has 5 nitrogen and oxygen atoms in total. The van der Waals surface area contributed by atoms with Crippen molar-refractivity contribution in [2.45, 2.75) is 52.7 Å². The molecule has 110 valence electrons. The number of rotatable bonds is 6. The Morgan fingerprint density at radius 3 is 2.65 bits per heavy atom. The normalized spacial score (nSPS) is 12.8. The summed E-state index contributed by atoms with van der Waals surface area (Å²) in [5.41, 5.74) is 4.61. The molecule has 0 amide bonds. The second kappa shape index (κ2) is 6.22. The Balaban J connectivity index is 1.90. The molecule has 20 heavy (non-hydrogen) atoms. The third-order valence-corrected chi connectivity index (χ3v) is 3.87. The molecule has 0 aromatic carbocycles. The molecule has 0 saturated heterocycles. The Bertz CT molecular complexity index is 570. The molecule has 2 rings (SSSR count). The standard InChI is InChI=1S/C15H24N4O/c1-5-19-10-13(9-16-19)8-14(20)6-7-15-11(2)17-18(4)12(15)3/h9-10,14,20H,5-8H2,1-4H3. The van der Waals surface area contributed by atoms with Gasteiger partial charge in [-0.15, -0.1) is 0 Å². The fourth-order valence-corrected chi connectivity index (χ4v) is 2.55. The van der Waals surface area contributed by atoms with Gasteiger partial charge in [-0.25, -0.2) is 0 Å². The van der Waals surface area contributed by atoms with Gasteiger partial charge in [0.15, 0.2) is 0 Å². The van der Waals surface area contributed by atoms with Gasteiger partial charge in [-0.05, 0) is 44.7 Å². The van der Waals surface area contributed by atoms with Crippen molar-refractivity contribution in [3.8, 4) is 0 Å². The summed E-state index contributed by atoms with van der Waals surface area (Å²) in [4.78, 5) is 0. The van der Waals surface area contributed by atoms with Crippen LogP contribution in [0.2, 0.25) is 0 Å². The first-order valence-corrected chi connectivity index (χ1v) is 7.19. The second-order valence-corrected chi connectivity index (χ2v) is 5.37. The highest BCUT2D eigenvalue weighted by atomic mass is 16.3. The number of aryl methyl sites for hydroxylation is 3. The summed E-state index contributed by atoms with van der Waals surface area (Å²) in [6, 6.07) is 0. The molecule has 0 saturated carbocycles. The minimum absolute atomic E-state index is 0.330. The van der Waals surface area contributed by atoms with Crippen molar-refractivity contribution in [1.82, 2.24) is 19.6 Å². The third kappa shape index (κ3) is 3.28. The first kappa shape index (κ1) is 14.8. The maximum Gasteiger partial charge on any atom is 0.0628 e. The van der Waals surface area contributed by atoms with Gasteiger partial charge in [-0.1, -0.05) is 0 Å². The van der Waals surface area contributed by atoms with E-state index < -0.39 is 0 Å². The second-order valence-electron chi connectivity index (χ2n) is 5.37. The van der Waals surface area contributed by atoms with Crippen LogP contribution in [0.25, 0.3) is 0 Å². The van der Waals surface area contributed by atoms with Crippen molar-refractivity contribution in [1.29, 1.82) is 0 Å². The summed E-state index contributed by atoms with van der Waals surface area (Å²) in [7, 11) is 1.96. The highest BCUT2D eigenvalue weighted by molar-refractivity contribution is 5.24. The molecule has 0 spiro atoms. The molecular weight excluding hydrogens is 252 g/mol. The Hall–Kier alpha value is -1.62. The predicted molar refractivity (Wildman–Crippen MR) is 78.6 cm³/mol. The van der Waals surface area contributed by atoms with E-state index >= 15 is 0 Å². The number of aliphatic hydroxyl groups excluding tert-OH is 1. The maximum atomic E-state index is 10.2. The summed E-state index contributed by atoms with van der Waals surface area (Å²) >= 11 is 0. The molecule has 0 radical (unpaired) electrons. The molecule has 0 fully saturated rings. The van der Waals surface area contributed by atoms with Crippen molar-refractivity contribution in [3.05, 3.63) is 34.9 Å². The minimum Gasteiger partial charge on any atom is -0.393 e. The van der Waals surface area contributed by atoms with Crippen LogP contribution in [0, 0.1) is 13.8 Å². The molecule has 5 heteroatoms. The zero-order valence-corrected chi connectivity index (χ0v) is 12.8. The molecular formula is C15H24N4O. The van der Waals surface area contributed by atoms with Crippen LogP contribution in [0.3, 0.4) is 0 Å². The van der Waals surface area contributed by atoms with Gasteiger partial charge in [-0.2, -0.15) is 10.2 Å². The smallest absolute Gasteiger partial charge is 0.0628 e. The largest absolute Gasteiger partial charge is 0.393 e. The van der Waals surface area contributed by atoms with Crippen molar-refractivity contribution < 1.29 is 5.11 Å². The van der Waals surface area contributed by atoms with Gasteiger partial charge in [-0.3, -0.25) is 9.36 Å².